The molecule has 0 saturated carbocycles. The van der Waals surface area contributed by atoms with Crippen LogP contribution in [0.5, 0.6) is 0 Å². The predicted octanol–water partition coefficient (Wildman–Crippen LogP) is 20.5. The van der Waals surface area contributed by atoms with Crippen LogP contribution in [0.15, 0.2) is 375 Å². The molecule has 2 aliphatic carbocycles. The van der Waals surface area contributed by atoms with E-state index in [1.54, 1.807) is 0 Å². The van der Waals surface area contributed by atoms with Crippen molar-refractivity contribution in [1.29, 1.82) is 0 Å². The van der Waals surface area contributed by atoms with Gasteiger partial charge in [-0.15, -0.1) is 0 Å². The highest BCUT2D eigenvalue weighted by atomic mass is 31.2. The van der Waals surface area contributed by atoms with Gasteiger partial charge < -0.3 is 0 Å². The van der Waals surface area contributed by atoms with Gasteiger partial charge >= 0.3 is 0 Å². The highest BCUT2D eigenvalue weighted by Crippen LogP contribution is 2.71. The maximum Gasteiger partial charge on any atom is 0.150 e. The van der Waals surface area contributed by atoms with Crippen LogP contribution in [-0.2, 0) is 5.41 Å². The van der Waals surface area contributed by atoms with Crippen molar-refractivity contribution in [2.24, 2.45) is 10.8 Å². The van der Waals surface area contributed by atoms with Crippen molar-refractivity contribution in [1.82, 2.24) is 0 Å². The van der Waals surface area contributed by atoms with Gasteiger partial charge in [-0.2, -0.15) is 0 Å². The Morgan fingerprint density at radius 2 is 0.562 bits per heavy atom. The van der Waals surface area contributed by atoms with E-state index in [2.05, 4.69) is 426 Å². The summed E-state index contributed by atoms with van der Waals surface area (Å²) in [7, 11) is -5.94. The molecule has 0 heterocycles. The number of hydrogen-bond donors (Lipinski definition) is 0. The molecule has 471 valence electrons. The summed E-state index contributed by atoms with van der Waals surface area (Å²) in [5.74, 6) is 2.58. The molecule has 0 spiro atoms. The Bertz CT molecular complexity index is 4200. The third kappa shape index (κ3) is 12.5. The molecular weight excluding hydrogens is 1210 g/mol. The van der Waals surface area contributed by atoms with Gasteiger partial charge in [0.1, 0.15) is 57.2 Å². The van der Waals surface area contributed by atoms with Crippen molar-refractivity contribution in [3.05, 3.63) is 415 Å². The fourth-order valence-electron chi connectivity index (χ4n) is 14.5. The average molecular weight is 1300 g/mol. The van der Waals surface area contributed by atoms with Crippen LogP contribution in [0, 0.1) is 22.7 Å². The number of benzene rings is 11. The van der Waals surface area contributed by atoms with Crippen LogP contribution in [0.2, 0.25) is 0 Å². The third-order valence-corrected chi connectivity index (χ3v) is 32.3. The van der Waals surface area contributed by atoms with E-state index < -0.39 is 21.4 Å². The van der Waals surface area contributed by atoms with Crippen LogP contribution in [0.1, 0.15) is 90.1 Å². The summed E-state index contributed by atoms with van der Waals surface area (Å²) < 4.78 is 0. The van der Waals surface area contributed by atoms with Crippen molar-refractivity contribution in [2.75, 3.05) is 0 Å². The lowest BCUT2D eigenvalue weighted by atomic mass is 9.78. The second-order valence-corrected chi connectivity index (χ2v) is 38.4. The van der Waals surface area contributed by atoms with Gasteiger partial charge in [-0.3, -0.25) is 0 Å². The largest absolute Gasteiger partial charge is 0.150 e. The maximum atomic E-state index is 2.66. The second-order valence-electron chi connectivity index (χ2n) is 28.4. The molecule has 0 unspecified atom stereocenters. The van der Waals surface area contributed by atoms with Gasteiger partial charge in [0.25, 0.3) is 0 Å². The highest BCUT2D eigenvalue weighted by Gasteiger charge is 2.55. The molecule has 2 aliphatic rings. The summed E-state index contributed by atoms with van der Waals surface area (Å²) >= 11 is 0. The molecule has 0 saturated heterocycles. The lowest BCUT2D eigenvalue weighted by molar-refractivity contribution is 0.473. The van der Waals surface area contributed by atoms with E-state index in [0.717, 1.165) is 0 Å². The molecule has 0 aliphatic heterocycles. The zero-order valence-electron chi connectivity index (χ0n) is 57.0. The first-order chi connectivity index (χ1) is 46.5. The first-order valence-electron chi connectivity index (χ1n) is 33.8. The van der Waals surface area contributed by atoms with Gasteiger partial charge in [-0.05, 0) is 167 Å². The van der Waals surface area contributed by atoms with E-state index in [1.165, 1.54) is 114 Å². The quantitative estimate of drug-likeness (QED) is 0.0709. The minimum absolute atomic E-state index is 0.0895. The lowest BCUT2D eigenvalue weighted by Crippen LogP contribution is -2.33. The first-order valence-corrected chi connectivity index (χ1v) is 39.2. The third-order valence-electron chi connectivity index (χ3n) is 19.1. The molecule has 1 radical (unpaired) electrons. The van der Waals surface area contributed by atoms with Crippen LogP contribution in [0.25, 0.3) is 10.6 Å². The molecule has 0 aromatic heterocycles. The zero-order valence-corrected chi connectivity index (χ0v) is 59.7. The molecule has 13 rings (SSSR count). The summed E-state index contributed by atoms with van der Waals surface area (Å²) in [5, 5.41) is 15.5. The Morgan fingerprint density at radius 1 is 0.281 bits per heavy atom. The Balaban J connectivity index is 1.35. The first kappa shape index (κ1) is 65.5. The van der Waals surface area contributed by atoms with Gasteiger partial charge in [-0.1, -0.05) is 290 Å². The Hall–Kier alpha value is -9.11. The SMILES string of the molecule is CC(C)(C)[C]1C=CC(=C(c2cc(C(=C3C=C[C+](C(C)(C)C)C=C3)[P+](c3ccccc3)(c3ccccc3)c3ccccc3)cc(C(c3ccc(C(C)(C)C)cc3)=P(c3ccccc3)(c3ccccc3)c3ccccc3)c2)[P+](c2ccccc2)(c2ccccc2)c2ccccc2)C=C1. The molecule has 0 atom stereocenters. The van der Waals surface area contributed by atoms with Crippen molar-refractivity contribution < 1.29 is 0 Å². The summed E-state index contributed by atoms with van der Waals surface area (Å²) in [6.45, 7) is 18.0. The molecule has 96 heavy (non-hydrogen) atoms. The molecule has 3 heteroatoms. The van der Waals surface area contributed by atoms with Gasteiger partial charge in [-0.25, -0.2) is 0 Å². The van der Waals surface area contributed by atoms with E-state index in [9.17, 15) is 0 Å². The summed E-state index contributed by atoms with van der Waals surface area (Å²) in [5.41, 5.74) is 8.10. The van der Waals surface area contributed by atoms with Crippen molar-refractivity contribution in [3.8, 4) is 0 Å². The number of rotatable bonds is 15. The van der Waals surface area contributed by atoms with E-state index in [-0.39, 0.29) is 16.2 Å². The number of hydrogen-bond acceptors (Lipinski definition) is 0. The molecule has 0 amide bonds. The van der Waals surface area contributed by atoms with Crippen LogP contribution in [0.3, 0.4) is 0 Å². The fraction of sp³-hybridized carbons (Fsp3) is 0.129. The molecule has 0 bridgehead atoms. The summed E-state index contributed by atoms with van der Waals surface area (Å²) in [6.07, 6.45) is 19.5. The van der Waals surface area contributed by atoms with Crippen LogP contribution in [-0.4, -0.2) is 5.29 Å². The standard InChI is InChI=1S/C93H87P3/c1-91(2,3)76-61-55-70(56-62-76)88(94(79-37-19-10-20-38-79,80-39-21-11-22-40-80)81-41-23-12-24-42-81)73-67-74(89(71-57-63-77(64-58-71)92(4,5)6)95(82-43-25-13-26-44-82,83-45-27-14-28-46-83)84-47-29-15-30-48-84)69-75(68-73)90(72-59-65-78(66-60-72)93(7,8)9)96(85-49-31-16-32-50-85,86-51-33-17-34-52-86)87-53-35-18-36-54-87/h10-69H,1-9H3/q+3. The average Bonchev–Trinajstić information content (AvgIpc) is 0.714. The van der Waals surface area contributed by atoms with Gasteiger partial charge in [0.2, 0.25) is 0 Å². The smallest absolute Gasteiger partial charge is 0.0721 e. The van der Waals surface area contributed by atoms with Crippen molar-refractivity contribution in [3.63, 3.8) is 0 Å². The molecule has 11 aromatic carbocycles. The Labute approximate surface area is 574 Å². The topological polar surface area (TPSA) is 0 Å². The van der Waals surface area contributed by atoms with E-state index in [0.29, 0.717) is 0 Å². The minimum Gasteiger partial charge on any atom is -0.0721 e. The molecule has 0 N–H and O–H groups in total. The van der Waals surface area contributed by atoms with Crippen LogP contribution in [0.4, 0.5) is 0 Å². The fourth-order valence-corrected chi connectivity index (χ4v) is 28.2. The predicted molar refractivity (Wildman–Crippen MR) is 426 cm³/mol. The normalized spacial score (nSPS) is 13.8. The monoisotopic (exact) mass is 1300 g/mol. The minimum atomic E-state index is -2.97. The molecule has 0 nitrogen and oxygen atoms in total. The van der Waals surface area contributed by atoms with Crippen molar-refractivity contribution in [2.45, 2.75) is 67.7 Å². The molecule has 0 fully saturated rings. The Kier molecular flexibility index (Phi) is 18.8. The number of allylic oxidation sites excluding steroid dienone is 10. The van der Waals surface area contributed by atoms with Crippen LogP contribution >= 0.6 is 21.4 Å². The van der Waals surface area contributed by atoms with Gasteiger partial charge in [0, 0.05) is 28.0 Å². The second kappa shape index (κ2) is 27.5. The summed E-state index contributed by atoms with van der Waals surface area (Å²) in [4.78, 5) is 0. The van der Waals surface area contributed by atoms with Crippen LogP contribution < -0.4 is 47.7 Å². The van der Waals surface area contributed by atoms with E-state index >= 15 is 0 Å². The molecule has 11 aromatic rings. The van der Waals surface area contributed by atoms with E-state index in [4.69, 9.17) is 0 Å². The Morgan fingerprint density at radius 3 is 0.844 bits per heavy atom. The van der Waals surface area contributed by atoms with Crippen molar-refractivity contribution >= 4 is 85.1 Å². The van der Waals surface area contributed by atoms with Gasteiger partial charge in [0.15, 0.2) is 5.31 Å². The van der Waals surface area contributed by atoms with E-state index in [1.807, 2.05) is 0 Å². The summed E-state index contributed by atoms with van der Waals surface area (Å²) in [6, 6.07) is 121. The maximum absolute atomic E-state index is 2.97. The lowest BCUT2D eigenvalue weighted by Gasteiger charge is -2.35. The molecular formula is C93H87P3+3. The van der Waals surface area contributed by atoms with Gasteiger partial charge in [0.05, 0.1) is 30.2 Å². The zero-order chi connectivity index (χ0) is 66.6. The highest BCUT2D eigenvalue weighted by molar-refractivity contribution is 8.04.